The van der Waals surface area contributed by atoms with E-state index < -0.39 is 0 Å². The quantitative estimate of drug-likeness (QED) is 0.581. The summed E-state index contributed by atoms with van der Waals surface area (Å²) >= 11 is 0. The first-order valence-electron chi connectivity index (χ1n) is 9.81. The van der Waals surface area contributed by atoms with Gasteiger partial charge in [-0.1, -0.05) is 49.8 Å². The molecule has 0 saturated carbocycles. The van der Waals surface area contributed by atoms with Crippen LogP contribution in [-0.4, -0.2) is 18.2 Å². The zero-order chi connectivity index (χ0) is 18.4. The summed E-state index contributed by atoms with van der Waals surface area (Å²) in [6.07, 6.45) is 16.1. The van der Waals surface area contributed by atoms with Gasteiger partial charge in [0.1, 0.15) is 0 Å². The summed E-state index contributed by atoms with van der Waals surface area (Å²) < 4.78 is 2.24. The molecule has 0 atom stereocenters. The van der Waals surface area contributed by atoms with Crippen molar-refractivity contribution in [2.45, 2.75) is 46.1 Å². The van der Waals surface area contributed by atoms with E-state index in [1.807, 2.05) is 0 Å². The van der Waals surface area contributed by atoms with Crippen molar-refractivity contribution in [1.82, 2.24) is 4.57 Å². The lowest BCUT2D eigenvalue weighted by Crippen LogP contribution is -2.19. The lowest BCUT2D eigenvalue weighted by Gasteiger charge is -2.28. The first-order valence-corrected chi connectivity index (χ1v) is 9.81. The van der Waals surface area contributed by atoms with E-state index in [1.54, 1.807) is 0 Å². The molecule has 1 heterocycles. The second kappa shape index (κ2) is 8.44. The fourth-order valence-electron chi connectivity index (χ4n) is 3.67. The van der Waals surface area contributed by atoms with E-state index in [0.29, 0.717) is 5.41 Å². The van der Waals surface area contributed by atoms with E-state index in [0.717, 1.165) is 19.5 Å². The Balaban J connectivity index is 1.51. The minimum atomic E-state index is 0.446. The predicted octanol–water partition coefficient (Wildman–Crippen LogP) is 6.16. The maximum absolute atomic E-state index is 2.40. The molecule has 0 radical (unpaired) electrons. The number of anilines is 1. The molecule has 138 valence electrons. The predicted molar refractivity (Wildman–Crippen MR) is 114 cm³/mol. The van der Waals surface area contributed by atoms with Crippen molar-refractivity contribution in [2.24, 2.45) is 5.41 Å². The van der Waals surface area contributed by atoms with E-state index in [9.17, 15) is 0 Å². The maximum atomic E-state index is 2.40. The third-order valence-electron chi connectivity index (χ3n) is 5.31. The van der Waals surface area contributed by atoms with Crippen LogP contribution in [0.25, 0.3) is 6.08 Å². The van der Waals surface area contributed by atoms with Crippen molar-refractivity contribution in [3.05, 3.63) is 72.1 Å². The van der Waals surface area contributed by atoms with E-state index in [1.165, 1.54) is 36.1 Å². The summed E-state index contributed by atoms with van der Waals surface area (Å²) in [5.74, 6) is 0. The summed E-state index contributed by atoms with van der Waals surface area (Å²) in [5.41, 5.74) is 4.49. The molecular formula is C24H32N2. The first-order chi connectivity index (χ1) is 12.5. The highest BCUT2D eigenvalue weighted by atomic mass is 15.1. The molecule has 1 aromatic carbocycles. The minimum absolute atomic E-state index is 0.446. The Morgan fingerprint density at radius 3 is 2.50 bits per heavy atom. The van der Waals surface area contributed by atoms with E-state index >= 15 is 0 Å². The number of allylic oxidation sites excluding steroid dienone is 3. The minimum Gasteiger partial charge on any atom is -0.375 e. The van der Waals surface area contributed by atoms with Gasteiger partial charge in [-0.2, -0.15) is 0 Å². The van der Waals surface area contributed by atoms with Gasteiger partial charge < -0.3 is 9.47 Å². The Hall–Kier alpha value is -2.22. The third kappa shape index (κ3) is 5.39. The fourth-order valence-corrected chi connectivity index (χ4v) is 3.67. The molecule has 2 aromatic rings. The van der Waals surface area contributed by atoms with Gasteiger partial charge in [0.15, 0.2) is 0 Å². The van der Waals surface area contributed by atoms with Gasteiger partial charge in [0, 0.05) is 38.2 Å². The lowest BCUT2D eigenvalue weighted by atomic mass is 9.77. The number of aryl methyl sites for hydroxylation is 1. The van der Waals surface area contributed by atoms with Crippen molar-refractivity contribution < 1.29 is 0 Å². The van der Waals surface area contributed by atoms with Gasteiger partial charge in [0.05, 0.1) is 0 Å². The molecule has 0 bridgehead atoms. The smallest absolute Gasteiger partial charge is 0.0364 e. The zero-order valence-electron chi connectivity index (χ0n) is 16.5. The van der Waals surface area contributed by atoms with Crippen LogP contribution in [0.15, 0.2) is 66.5 Å². The van der Waals surface area contributed by atoms with Gasteiger partial charge in [0.25, 0.3) is 0 Å². The Labute approximate surface area is 158 Å². The highest BCUT2D eigenvalue weighted by molar-refractivity contribution is 5.57. The van der Waals surface area contributed by atoms with Crippen LogP contribution in [0.1, 0.15) is 45.1 Å². The molecule has 0 spiro atoms. The highest BCUT2D eigenvalue weighted by Gasteiger charge is 2.21. The summed E-state index contributed by atoms with van der Waals surface area (Å²) in [7, 11) is 2.18. The standard InChI is InChI=1S/C24H32N2/c1-24(2)15-6-8-22(20-24)10-9-21-11-13-23(14-12-21)25(3)16-7-19-26-17-4-5-18-26/h4-5,8-14,17-18H,6-7,15-16,19-20H2,1-3H3. The molecule has 0 amide bonds. The molecule has 2 heteroatoms. The van der Waals surface area contributed by atoms with Gasteiger partial charge >= 0.3 is 0 Å². The summed E-state index contributed by atoms with van der Waals surface area (Å²) in [6, 6.07) is 13.1. The number of hydrogen-bond donors (Lipinski definition) is 0. The number of hydrogen-bond acceptors (Lipinski definition) is 1. The van der Waals surface area contributed by atoms with E-state index in [4.69, 9.17) is 0 Å². The SMILES string of the molecule is CN(CCCn1cccc1)c1ccc(C=CC2=CCCC(C)(C)C2)cc1. The lowest BCUT2D eigenvalue weighted by molar-refractivity contribution is 0.324. The number of rotatable bonds is 7. The Bertz CT molecular complexity index is 733. The largest absolute Gasteiger partial charge is 0.375 e. The summed E-state index contributed by atoms with van der Waals surface area (Å²) in [4.78, 5) is 2.34. The zero-order valence-corrected chi connectivity index (χ0v) is 16.5. The molecule has 26 heavy (non-hydrogen) atoms. The molecule has 0 saturated heterocycles. The van der Waals surface area contributed by atoms with Gasteiger partial charge in [-0.15, -0.1) is 0 Å². The molecule has 2 nitrogen and oxygen atoms in total. The molecule has 1 aliphatic carbocycles. The van der Waals surface area contributed by atoms with Crippen LogP contribution in [0.3, 0.4) is 0 Å². The molecule has 0 aliphatic heterocycles. The maximum Gasteiger partial charge on any atom is 0.0364 e. The van der Waals surface area contributed by atoms with Crippen LogP contribution < -0.4 is 4.90 Å². The Morgan fingerprint density at radius 2 is 1.81 bits per heavy atom. The van der Waals surface area contributed by atoms with Gasteiger partial charge in [-0.05, 0) is 60.9 Å². The monoisotopic (exact) mass is 348 g/mol. The molecule has 0 N–H and O–H groups in total. The number of aromatic nitrogens is 1. The molecule has 0 unspecified atom stereocenters. The summed E-state index contributed by atoms with van der Waals surface area (Å²) in [6.45, 7) is 6.88. The van der Waals surface area contributed by atoms with Crippen molar-refractivity contribution in [2.75, 3.05) is 18.5 Å². The third-order valence-corrected chi connectivity index (χ3v) is 5.31. The molecule has 1 aromatic heterocycles. The second-order valence-corrected chi connectivity index (χ2v) is 8.28. The topological polar surface area (TPSA) is 8.17 Å². The fraction of sp³-hybridized carbons (Fsp3) is 0.417. The first kappa shape index (κ1) is 18.6. The number of benzene rings is 1. The van der Waals surface area contributed by atoms with Crippen LogP contribution in [0, 0.1) is 5.41 Å². The van der Waals surface area contributed by atoms with Crippen LogP contribution in [-0.2, 0) is 6.54 Å². The normalized spacial score (nSPS) is 16.7. The molecule has 0 fully saturated rings. The van der Waals surface area contributed by atoms with E-state index in [2.05, 4.69) is 97.4 Å². The summed E-state index contributed by atoms with van der Waals surface area (Å²) in [5, 5.41) is 0. The molecule has 3 rings (SSSR count). The second-order valence-electron chi connectivity index (χ2n) is 8.28. The van der Waals surface area contributed by atoms with Crippen molar-refractivity contribution in [3.63, 3.8) is 0 Å². The molecular weight excluding hydrogens is 316 g/mol. The van der Waals surface area contributed by atoms with Crippen LogP contribution >= 0.6 is 0 Å². The number of nitrogens with zero attached hydrogens (tertiary/aromatic N) is 2. The van der Waals surface area contributed by atoms with Crippen molar-refractivity contribution in [3.8, 4) is 0 Å². The van der Waals surface area contributed by atoms with Crippen LogP contribution in [0.5, 0.6) is 0 Å². The van der Waals surface area contributed by atoms with Crippen LogP contribution in [0.4, 0.5) is 5.69 Å². The van der Waals surface area contributed by atoms with Gasteiger partial charge in [0.2, 0.25) is 0 Å². The van der Waals surface area contributed by atoms with Crippen molar-refractivity contribution >= 4 is 11.8 Å². The van der Waals surface area contributed by atoms with Gasteiger partial charge in [-0.25, -0.2) is 0 Å². The average molecular weight is 349 g/mol. The van der Waals surface area contributed by atoms with Gasteiger partial charge in [-0.3, -0.25) is 0 Å². The average Bonchev–Trinajstić information content (AvgIpc) is 3.13. The van der Waals surface area contributed by atoms with Crippen molar-refractivity contribution in [1.29, 1.82) is 0 Å². The Morgan fingerprint density at radius 1 is 1.08 bits per heavy atom. The molecule has 1 aliphatic rings. The van der Waals surface area contributed by atoms with E-state index in [-0.39, 0.29) is 0 Å². The highest BCUT2D eigenvalue weighted by Crippen LogP contribution is 2.35. The Kier molecular flexibility index (Phi) is 6.03. The van der Waals surface area contributed by atoms with Crippen LogP contribution in [0.2, 0.25) is 0 Å².